The van der Waals surface area contributed by atoms with Crippen LogP contribution in [0.2, 0.25) is 0 Å². The molecule has 0 aliphatic heterocycles. The van der Waals surface area contributed by atoms with Gasteiger partial charge < -0.3 is 10.0 Å². The van der Waals surface area contributed by atoms with Crippen LogP contribution in [0.5, 0.6) is 0 Å². The number of nitrogens with zero attached hydrogens (tertiary/aromatic N) is 1. The summed E-state index contributed by atoms with van der Waals surface area (Å²) in [6.45, 7) is 2.69. The SMILES string of the molecule is CC(Cc1cccs1)N(C)Cc1cc(F)cc(B(O)O)c1. The summed E-state index contributed by atoms with van der Waals surface area (Å²) in [7, 11) is 0.339. The quantitative estimate of drug-likeness (QED) is 0.797. The van der Waals surface area contributed by atoms with E-state index in [4.69, 9.17) is 10.0 Å². The fourth-order valence-electron chi connectivity index (χ4n) is 2.24. The van der Waals surface area contributed by atoms with E-state index in [1.165, 1.54) is 10.9 Å². The fourth-order valence-corrected chi connectivity index (χ4v) is 3.06. The third-order valence-corrected chi connectivity index (χ3v) is 4.44. The Morgan fingerprint density at radius 3 is 2.71 bits per heavy atom. The first-order valence-corrected chi connectivity index (χ1v) is 7.72. The van der Waals surface area contributed by atoms with Crippen LogP contribution < -0.4 is 5.46 Å². The largest absolute Gasteiger partial charge is 0.488 e. The van der Waals surface area contributed by atoms with Gasteiger partial charge in [-0.25, -0.2) is 4.39 Å². The molecule has 3 nitrogen and oxygen atoms in total. The fraction of sp³-hybridized carbons (Fsp3) is 0.333. The zero-order valence-electron chi connectivity index (χ0n) is 12.2. The molecule has 1 aromatic carbocycles. The smallest absolute Gasteiger partial charge is 0.423 e. The van der Waals surface area contributed by atoms with E-state index in [9.17, 15) is 4.39 Å². The molecule has 21 heavy (non-hydrogen) atoms. The molecule has 0 saturated carbocycles. The molecule has 1 atom stereocenters. The van der Waals surface area contributed by atoms with Gasteiger partial charge in [-0.05, 0) is 55.0 Å². The molecule has 112 valence electrons. The zero-order chi connectivity index (χ0) is 15.4. The molecule has 0 fully saturated rings. The highest BCUT2D eigenvalue weighted by Gasteiger charge is 2.16. The predicted molar refractivity (Wildman–Crippen MR) is 85.2 cm³/mol. The highest BCUT2D eigenvalue weighted by molar-refractivity contribution is 7.09. The molecule has 2 N–H and O–H groups in total. The molecule has 0 amide bonds. The monoisotopic (exact) mass is 307 g/mol. The summed E-state index contributed by atoms with van der Waals surface area (Å²) in [5, 5.41) is 20.4. The second-order valence-corrected chi connectivity index (χ2v) is 6.35. The molecule has 2 rings (SSSR count). The van der Waals surface area contributed by atoms with Crippen LogP contribution in [0.25, 0.3) is 0 Å². The Bertz CT molecular complexity index is 577. The van der Waals surface area contributed by atoms with Gasteiger partial charge in [0.25, 0.3) is 0 Å². The predicted octanol–water partition coefficient (Wildman–Crippen LogP) is 1.63. The van der Waals surface area contributed by atoms with Gasteiger partial charge in [0.15, 0.2) is 0 Å². The van der Waals surface area contributed by atoms with Gasteiger partial charge in [-0.2, -0.15) is 0 Å². The van der Waals surface area contributed by atoms with E-state index >= 15 is 0 Å². The lowest BCUT2D eigenvalue weighted by atomic mass is 9.79. The van der Waals surface area contributed by atoms with E-state index in [0.717, 1.165) is 18.1 Å². The van der Waals surface area contributed by atoms with Gasteiger partial charge in [0.05, 0.1) is 0 Å². The van der Waals surface area contributed by atoms with Gasteiger partial charge in [0.2, 0.25) is 0 Å². The average molecular weight is 307 g/mol. The second-order valence-electron chi connectivity index (χ2n) is 5.31. The van der Waals surface area contributed by atoms with Gasteiger partial charge >= 0.3 is 7.12 Å². The van der Waals surface area contributed by atoms with Crippen molar-refractivity contribution in [3.05, 3.63) is 52.0 Å². The Morgan fingerprint density at radius 2 is 2.10 bits per heavy atom. The Morgan fingerprint density at radius 1 is 1.33 bits per heavy atom. The maximum Gasteiger partial charge on any atom is 0.488 e. The summed E-state index contributed by atoms with van der Waals surface area (Å²) in [6, 6.07) is 8.66. The highest BCUT2D eigenvalue weighted by atomic mass is 32.1. The minimum absolute atomic E-state index is 0.185. The van der Waals surface area contributed by atoms with Crippen molar-refractivity contribution in [1.29, 1.82) is 0 Å². The van der Waals surface area contributed by atoms with E-state index in [-0.39, 0.29) is 5.46 Å². The normalized spacial score (nSPS) is 12.7. The number of likely N-dealkylation sites (N-methyl/N-ethyl adjacent to an activating group) is 1. The Balaban J connectivity index is 2.03. The minimum Gasteiger partial charge on any atom is -0.423 e. The van der Waals surface area contributed by atoms with Crippen molar-refractivity contribution in [1.82, 2.24) is 4.90 Å². The summed E-state index contributed by atoms with van der Waals surface area (Å²) >= 11 is 1.73. The number of hydrogen-bond acceptors (Lipinski definition) is 4. The first kappa shape index (κ1) is 16.2. The zero-order valence-corrected chi connectivity index (χ0v) is 13.0. The number of halogens is 1. The third-order valence-electron chi connectivity index (χ3n) is 3.54. The Hall–Kier alpha value is -1.21. The first-order chi connectivity index (χ1) is 9.95. The number of benzene rings is 1. The van der Waals surface area contributed by atoms with Crippen LogP contribution >= 0.6 is 11.3 Å². The van der Waals surface area contributed by atoms with E-state index in [0.29, 0.717) is 12.6 Å². The lowest BCUT2D eigenvalue weighted by Crippen LogP contribution is -2.33. The Kier molecular flexibility index (Phi) is 5.53. The second kappa shape index (κ2) is 7.18. The molecule has 0 spiro atoms. The lowest BCUT2D eigenvalue weighted by molar-refractivity contribution is 0.248. The number of hydrogen-bond donors (Lipinski definition) is 2. The molecule has 6 heteroatoms. The molecule has 1 unspecified atom stereocenters. The topological polar surface area (TPSA) is 43.7 Å². The van der Waals surface area contributed by atoms with Crippen LogP contribution in [0.3, 0.4) is 0 Å². The molecule has 0 aliphatic rings. The lowest BCUT2D eigenvalue weighted by Gasteiger charge is -2.24. The van der Waals surface area contributed by atoms with Gasteiger partial charge in [-0.15, -0.1) is 11.3 Å². The molecule has 0 bridgehead atoms. The molecular formula is C15H19BFNO2S. The van der Waals surface area contributed by atoms with Gasteiger partial charge in [0, 0.05) is 17.5 Å². The van der Waals surface area contributed by atoms with Crippen LogP contribution in [-0.2, 0) is 13.0 Å². The summed E-state index contributed by atoms with van der Waals surface area (Å²) in [6.07, 6.45) is 0.943. The highest BCUT2D eigenvalue weighted by Crippen LogP contribution is 2.15. The van der Waals surface area contributed by atoms with Crippen LogP contribution in [0.4, 0.5) is 4.39 Å². The number of thiophene rings is 1. The van der Waals surface area contributed by atoms with E-state index in [2.05, 4.69) is 23.3 Å². The molecular weight excluding hydrogens is 288 g/mol. The van der Waals surface area contributed by atoms with Crippen molar-refractivity contribution in [3.8, 4) is 0 Å². The molecule has 1 aromatic heterocycles. The van der Waals surface area contributed by atoms with Crippen LogP contribution in [0.15, 0.2) is 35.7 Å². The average Bonchev–Trinajstić information content (AvgIpc) is 2.90. The number of rotatable bonds is 6. The third kappa shape index (κ3) is 4.64. The van der Waals surface area contributed by atoms with E-state index in [1.54, 1.807) is 17.4 Å². The van der Waals surface area contributed by atoms with Gasteiger partial charge in [-0.1, -0.05) is 12.1 Å². The summed E-state index contributed by atoms with van der Waals surface area (Å²) in [5.74, 6) is -0.449. The standard InChI is InChI=1S/C15H19BFNO2S/c1-11(6-15-4-3-5-21-15)18(2)10-12-7-13(16(19)20)9-14(17)8-12/h3-5,7-9,11,19-20H,6,10H2,1-2H3. The molecule has 0 aliphatic carbocycles. The molecule has 1 heterocycles. The van der Waals surface area contributed by atoms with Crippen LogP contribution in [-0.4, -0.2) is 35.2 Å². The maximum absolute atomic E-state index is 13.5. The van der Waals surface area contributed by atoms with E-state index in [1.807, 2.05) is 13.1 Å². The minimum atomic E-state index is -1.65. The van der Waals surface area contributed by atoms with Gasteiger partial charge in [-0.3, -0.25) is 4.90 Å². The van der Waals surface area contributed by atoms with Crippen LogP contribution in [0.1, 0.15) is 17.4 Å². The summed E-state index contributed by atoms with van der Waals surface area (Å²) in [5.41, 5.74) is 0.919. The maximum atomic E-state index is 13.5. The first-order valence-electron chi connectivity index (χ1n) is 6.84. The van der Waals surface area contributed by atoms with Crippen molar-refractivity contribution >= 4 is 23.9 Å². The molecule has 2 aromatic rings. The van der Waals surface area contributed by atoms with Crippen molar-refractivity contribution < 1.29 is 14.4 Å². The molecule has 0 saturated heterocycles. The van der Waals surface area contributed by atoms with E-state index < -0.39 is 12.9 Å². The van der Waals surface area contributed by atoms with Crippen molar-refractivity contribution in [2.75, 3.05) is 7.05 Å². The summed E-state index contributed by atoms with van der Waals surface area (Å²) in [4.78, 5) is 3.45. The summed E-state index contributed by atoms with van der Waals surface area (Å²) < 4.78 is 13.5. The van der Waals surface area contributed by atoms with Crippen molar-refractivity contribution in [3.63, 3.8) is 0 Å². The Labute approximate surface area is 128 Å². The van der Waals surface area contributed by atoms with Crippen molar-refractivity contribution in [2.24, 2.45) is 0 Å². The van der Waals surface area contributed by atoms with Gasteiger partial charge in [0.1, 0.15) is 5.82 Å². The van der Waals surface area contributed by atoms with Crippen LogP contribution in [0, 0.1) is 5.82 Å². The van der Waals surface area contributed by atoms with Crippen molar-refractivity contribution in [2.45, 2.75) is 25.9 Å². The molecule has 0 radical (unpaired) electrons.